The highest BCUT2D eigenvalue weighted by Gasteiger charge is 2.25. The summed E-state index contributed by atoms with van der Waals surface area (Å²) in [5, 5.41) is 12.0. The first kappa shape index (κ1) is 23.5. The van der Waals surface area contributed by atoms with Gasteiger partial charge in [-0.1, -0.05) is 30.3 Å². The molecule has 2 rings (SSSR count). The summed E-state index contributed by atoms with van der Waals surface area (Å²) in [6.45, 7) is 2.47. The Hall–Kier alpha value is -2.81. The molecule has 30 heavy (non-hydrogen) atoms. The standard InChI is InChI=1S/C22H27FN2O5/c1-2-29-15-30-14-20(24-21(26)17-8-10-19(23)11-9-17)13-18(22(27)25-28)12-16-6-4-3-5-7-16/h3-11,18,20,28H,2,12-15H2,1H3,(H,24,26)(H,25,27)/t18-,20-/m0/s1. The fourth-order valence-electron chi connectivity index (χ4n) is 2.99. The van der Waals surface area contributed by atoms with Gasteiger partial charge in [-0.15, -0.1) is 0 Å². The largest absolute Gasteiger partial charge is 0.356 e. The lowest BCUT2D eigenvalue weighted by molar-refractivity contribution is -0.134. The Morgan fingerprint density at radius 2 is 1.77 bits per heavy atom. The van der Waals surface area contributed by atoms with E-state index in [1.54, 1.807) is 5.48 Å². The molecule has 162 valence electrons. The summed E-state index contributed by atoms with van der Waals surface area (Å²) < 4.78 is 23.8. The zero-order chi connectivity index (χ0) is 21.8. The first-order chi connectivity index (χ1) is 14.5. The van der Waals surface area contributed by atoms with E-state index in [0.29, 0.717) is 13.0 Å². The van der Waals surface area contributed by atoms with Gasteiger partial charge in [0.15, 0.2) is 0 Å². The quantitative estimate of drug-likeness (QED) is 0.213. The van der Waals surface area contributed by atoms with Crippen molar-refractivity contribution < 1.29 is 28.7 Å². The summed E-state index contributed by atoms with van der Waals surface area (Å²) in [6.07, 6.45) is 0.599. The number of hydrogen-bond donors (Lipinski definition) is 3. The number of amides is 2. The average Bonchev–Trinajstić information content (AvgIpc) is 2.76. The lowest BCUT2D eigenvalue weighted by atomic mass is 9.92. The molecule has 0 spiro atoms. The van der Waals surface area contributed by atoms with E-state index in [-0.39, 0.29) is 25.4 Å². The normalized spacial score (nSPS) is 12.8. The molecule has 2 aromatic carbocycles. The number of nitrogens with one attached hydrogen (secondary N) is 2. The lowest BCUT2D eigenvalue weighted by Gasteiger charge is -2.24. The topological polar surface area (TPSA) is 96.9 Å². The molecule has 0 aromatic heterocycles. The summed E-state index contributed by atoms with van der Waals surface area (Å²) in [6, 6.07) is 14.0. The van der Waals surface area contributed by atoms with Crippen molar-refractivity contribution in [3.63, 3.8) is 0 Å². The number of carbonyl (C=O) groups excluding carboxylic acids is 2. The molecule has 0 aliphatic carbocycles. The molecule has 0 bridgehead atoms. The number of benzene rings is 2. The van der Waals surface area contributed by atoms with Gasteiger partial charge in [0.05, 0.1) is 12.6 Å². The Kier molecular flexibility index (Phi) is 9.93. The molecule has 2 aromatic rings. The van der Waals surface area contributed by atoms with Crippen molar-refractivity contribution in [1.82, 2.24) is 10.8 Å². The Balaban J connectivity index is 2.10. The van der Waals surface area contributed by atoms with Gasteiger partial charge in [-0.25, -0.2) is 9.87 Å². The summed E-state index contributed by atoms with van der Waals surface area (Å²) >= 11 is 0. The monoisotopic (exact) mass is 418 g/mol. The van der Waals surface area contributed by atoms with Crippen LogP contribution in [0.15, 0.2) is 54.6 Å². The highest BCUT2D eigenvalue weighted by Crippen LogP contribution is 2.16. The van der Waals surface area contributed by atoms with Crippen molar-refractivity contribution in [2.45, 2.75) is 25.8 Å². The zero-order valence-corrected chi connectivity index (χ0v) is 16.8. The van der Waals surface area contributed by atoms with Crippen molar-refractivity contribution in [2.24, 2.45) is 5.92 Å². The molecule has 0 radical (unpaired) electrons. The highest BCUT2D eigenvalue weighted by molar-refractivity contribution is 5.94. The molecular formula is C22H27FN2O5. The van der Waals surface area contributed by atoms with Crippen molar-refractivity contribution in [3.8, 4) is 0 Å². The van der Waals surface area contributed by atoms with Crippen LogP contribution in [0.25, 0.3) is 0 Å². The van der Waals surface area contributed by atoms with Gasteiger partial charge < -0.3 is 14.8 Å². The Bertz CT molecular complexity index is 786. The minimum Gasteiger partial charge on any atom is -0.356 e. The zero-order valence-electron chi connectivity index (χ0n) is 16.8. The molecular weight excluding hydrogens is 391 g/mol. The molecule has 0 saturated carbocycles. The minimum atomic E-state index is -0.605. The van der Waals surface area contributed by atoms with Gasteiger partial charge in [-0.05, 0) is 49.6 Å². The van der Waals surface area contributed by atoms with Crippen LogP contribution in [0.2, 0.25) is 0 Å². The molecule has 2 amide bonds. The third-order valence-electron chi connectivity index (χ3n) is 4.51. The van der Waals surface area contributed by atoms with Crippen LogP contribution >= 0.6 is 0 Å². The first-order valence-electron chi connectivity index (χ1n) is 9.73. The molecule has 0 fully saturated rings. The van der Waals surface area contributed by atoms with Gasteiger partial charge in [-0.3, -0.25) is 14.8 Å². The smallest absolute Gasteiger partial charge is 0.251 e. The van der Waals surface area contributed by atoms with E-state index in [4.69, 9.17) is 14.7 Å². The van der Waals surface area contributed by atoms with Crippen LogP contribution in [0.1, 0.15) is 29.3 Å². The molecule has 0 aliphatic rings. The van der Waals surface area contributed by atoms with Crippen LogP contribution in [0, 0.1) is 11.7 Å². The molecule has 3 N–H and O–H groups in total. The number of rotatable bonds is 12. The molecule has 7 nitrogen and oxygen atoms in total. The van der Waals surface area contributed by atoms with Gasteiger partial charge in [0.1, 0.15) is 12.6 Å². The number of hydrogen-bond acceptors (Lipinski definition) is 5. The van der Waals surface area contributed by atoms with E-state index < -0.39 is 29.6 Å². The average molecular weight is 418 g/mol. The first-order valence-corrected chi connectivity index (χ1v) is 9.73. The number of carbonyl (C=O) groups is 2. The van der Waals surface area contributed by atoms with Crippen LogP contribution in [0.5, 0.6) is 0 Å². The predicted molar refractivity (Wildman–Crippen MR) is 108 cm³/mol. The Labute approximate surface area is 175 Å². The molecule has 0 unspecified atom stereocenters. The summed E-state index contributed by atoms with van der Waals surface area (Å²) in [7, 11) is 0. The molecule has 0 aliphatic heterocycles. The molecule has 0 saturated heterocycles. The van der Waals surface area contributed by atoms with Gasteiger partial charge in [-0.2, -0.15) is 0 Å². The maximum absolute atomic E-state index is 13.1. The second-order valence-corrected chi connectivity index (χ2v) is 6.76. The van der Waals surface area contributed by atoms with E-state index in [0.717, 1.165) is 5.56 Å². The summed E-state index contributed by atoms with van der Waals surface area (Å²) in [4.78, 5) is 24.8. The van der Waals surface area contributed by atoms with Gasteiger partial charge in [0.25, 0.3) is 5.91 Å². The van der Waals surface area contributed by atoms with Crippen LogP contribution in [0.3, 0.4) is 0 Å². The van der Waals surface area contributed by atoms with E-state index in [9.17, 15) is 14.0 Å². The number of halogens is 1. The third kappa shape index (κ3) is 7.90. The third-order valence-corrected chi connectivity index (χ3v) is 4.51. The molecule has 2 atom stereocenters. The highest BCUT2D eigenvalue weighted by atomic mass is 19.1. The number of ether oxygens (including phenoxy) is 2. The fourth-order valence-corrected chi connectivity index (χ4v) is 2.99. The van der Waals surface area contributed by atoms with Crippen molar-refractivity contribution in [1.29, 1.82) is 0 Å². The van der Waals surface area contributed by atoms with Gasteiger partial charge in [0.2, 0.25) is 5.91 Å². The van der Waals surface area contributed by atoms with Crippen LogP contribution in [-0.4, -0.2) is 43.1 Å². The second-order valence-electron chi connectivity index (χ2n) is 6.76. The van der Waals surface area contributed by atoms with Crippen LogP contribution in [-0.2, 0) is 20.7 Å². The molecule has 8 heteroatoms. The number of hydroxylamine groups is 1. The van der Waals surface area contributed by atoms with E-state index in [2.05, 4.69) is 5.32 Å². The maximum Gasteiger partial charge on any atom is 0.251 e. The fraction of sp³-hybridized carbons (Fsp3) is 0.364. The van der Waals surface area contributed by atoms with E-state index in [1.807, 2.05) is 37.3 Å². The lowest BCUT2D eigenvalue weighted by Crippen LogP contribution is -2.42. The van der Waals surface area contributed by atoms with Crippen molar-refractivity contribution >= 4 is 11.8 Å². The minimum absolute atomic E-state index is 0.0506. The van der Waals surface area contributed by atoms with Crippen LogP contribution < -0.4 is 10.8 Å². The maximum atomic E-state index is 13.1. The van der Waals surface area contributed by atoms with Gasteiger partial charge in [0, 0.05) is 18.1 Å². The van der Waals surface area contributed by atoms with Gasteiger partial charge >= 0.3 is 0 Å². The SMILES string of the molecule is CCOCOC[C@H](C[C@H](Cc1ccccc1)C(=O)NO)NC(=O)c1ccc(F)cc1. The summed E-state index contributed by atoms with van der Waals surface area (Å²) in [5.41, 5.74) is 2.91. The predicted octanol–water partition coefficient (Wildman–Crippen LogP) is 2.69. The Morgan fingerprint density at radius 3 is 2.40 bits per heavy atom. The second kappa shape index (κ2) is 12.7. The van der Waals surface area contributed by atoms with E-state index >= 15 is 0 Å². The van der Waals surface area contributed by atoms with Crippen molar-refractivity contribution in [3.05, 3.63) is 71.5 Å². The van der Waals surface area contributed by atoms with E-state index in [1.165, 1.54) is 24.3 Å². The van der Waals surface area contributed by atoms with Crippen molar-refractivity contribution in [2.75, 3.05) is 20.0 Å². The summed E-state index contributed by atoms with van der Waals surface area (Å²) in [5.74, 6) is -2.01. The Morgan fingerprint density at radius 1 is 1.07 bits per heavy atom. The van der Waals surface area contributed by atoms with Crippen LogP contribution in [0.4, 0.5) is 4.39 Å². The molecule has 0 heterocycles.